The highest BCUT2D eigenvalue weighted by Gasteiger charge is 2.49. The SMILES string of the molecule is C[C@@H]1CCN(C(=O)CN2C(=O)N[C@@](C)(c3ccc(Cl)cc3)C2=O)c2ccccc2S1. The Balaban J connectivity index is 1.57. The van der Waals surface area contributed by atoms with Crippen LogP contribution in [0.2, 0.25) is 5.02 Å². The van der Waals surface area contributed by atoms with E-state index in [2.05, 4.69) is 12.2 Å². The number of imide groups is 1. The first kappa shape index (κ1) is 20.8. The van der Waals surface area contributed by atoms with Gasteiger partial charge in [-0.1, -0.05) is 42.8 Å². The number of rotatable bonds is 3. The summed E-state index contributed by atoms with van der Waals surface area (Å²) in [6, 6.07) is 13.9. The lowest BCUT2D eigenvalue weighted by atomic mass is 9.92. The summed E-state index contributed by atoms with van der Waals surface area (Å²) in [6.07, 6.45) is 0.827. The molecule has 0 saturated carbocycles. The molecule has 2 aliphatic heterocycles. The predicted molar refractivity (Wildman–Crippen MR) is 118 cm³/mol. The molecule has 0 aliphatic carbocycles. The van der Waals surface area contributed by atoms with Gasteiger partial charge in [-0.2, -0.15) is 0 Å². The van der Waals surface area contributed by atoms with Gasteiger partial charge < -0.3 is 10.2 Å². The Morgan fingerprint density at radius 3 is 2.63 bits per heavy atom. The largest absolute Gasteiger partial charge is 0.325 e. The number of hydrogen-bond donors (Lipinski definition) is 1. The van der Waals surface area contributed by atoms with E-state index in [-0.39, 0.29) is 12.5 Å². The van der Waals surface area contributed by atoms with E-state index in [1.54, 1.807) is 47.9 Å². The quantitative estimate of drug-likeness (QED) is 0.727. The van der Waals surface area contributed by atoms with E-state index in [1.807, 2.05) is 24.3 Å². The second kappa shape index (κ2) is 7.96. The van der Waals surface area contributed by atoms with Crippen molar-refractivity contribution in [1.82, 2.24) is 10.2 Å². The number of urea groups is 1. The zero-order valence-electron chi connectivity index (χ0n) is 16.7. The lowest BCUT2D eigenvalue weighted by molar-refractivity contribution is -0.134. The van der Waals surface area contributed by atoms with Crippen molar-refractivity contribution >= 4 is 46.9 Å². The maximum atomic E-state index is 13.2. The zero-order valence-corrected chi connectivity index (χ0v) is 18.3. The van der Waals surface area contributed by atoms with Crippen molar-refractivity contribution in [2.24, 2.45) is 0 Å². The van der Waals surface area contributed by atoms with Gasteiger partial charge in [0.15, 0.2) is 0 Å². The first-order chi connectivity index (χ1) is 14.3. The fraction of sp³-hybridized carbons (Fsp3) is 0.318. The highest BCUT2D eigenvalue weighted by atomic mass is 35.5. The third kappa shape index (κ3) is 3.68. The van der Waals surface area contributed by atoms with E-state index < -0.39 is 17.5 Å². The molecule has 2 aromatic carbocycles. The lowest BCUT2D eigenvalue weighted by Crippen LogP contribution is -2.45. The number of para-hydroxylation sites is 1. The van der Waals surface area contributed by atoms with Gasteiger partial charge in [-0.05, 0) is 43.2 Å². The van der Waals surface area contributed by atoms with Crippen molar-refractivity contribution in [2.45, 2.75) is 36.0 Å². The molecule has 30 heavy (non-hydrogen) atoms. The van der Waals surface area contributed by atoms with Crippen LogP contribution in [-0.4, -0.2) is 41.1 Å². The number of benzene rings is 2. The number of amides is 4. The minimum Gasteiger partial charge on any atom is -0.319 e. The number of anilines is 1. The molecule has 0 bridgehead atoms. The van der Waals surface area contributed by atoms with Crippen LogP contribution in [0.5, 0.6) is 0 Å². The van der Waals surface area contributed by atoms with E-state index in [1.165, 1.54) is 0 Å². The van der Waals surface area contributed by atoms with Gasteiger partial charge in [0, 0.05) is 21.7 Å². The Bertz CT molecular complexity index is 1010. The second-order valence-corrected chi connectivity index (χ2v) is 9.60. The first-order valence-electron chi connectivity index (χ1n) is 9.76. The van der Waals surface area contributed by atoms with Crippen LogP contribution in [0.4, 0.5) is 10.5 Å². The van der Waals surface area contributed by atoms with Crippen LogP contribution in [0, 0.1) is 0 Å². The zero-order chi connectivity index (χ0) is 21.5. The van der Waals surface area contributed by atoms with Gasteiger partial charge in [-0.15, -0.1) is 11.8 Å². The molecule has 8 heteroatoms. The van der Waals surface area contributed by atoms with Crippen LogP contribution in [0.25, 0.3) is 0 Å². The minimum absolute atomic E-state index is 0.277. The number of nitrogens with one attached hydrogen (secondary N) is 1. The van der Waals surface area contributed by atoms with Crippen LogP contribution in [0.15, 0.2) is 53.4 Å². The molecule has 2 aliphatic rings. The van der Waals surface area contributed by atoms with Crippen LogP contribution >= 0.6 is 23.4 Å². The van der Waals surface area contributed by atoms with E-state index in [0.29, 0.717) is 22.4 Å². The number of fused-ring (bicyclic) bond motifs is 1. The number of carbonyl (C=O) groups is 3. The molecule has 2 heterocycles. The molecular formula is C22H22ClN3O3S. The molecule has 4 amide bonds. The summed E-state index contributed by atoms with van der Waals surface area (Å²) in [5.41, 5.74) is 0.207. The third-order valence-corrected chi connectivity index (χ3v) is 7.02. The van der Waals surface area contributed by atoms with Gasteiger partial charge in [0.2, 0.25) is 5.91 Å². The van der Waals surface area contributed by atoms with Gasteiger partial charge in [0.25, 0.3) is 5.91 Å². The average molecular weight is 444 g/mol. The average Bonchev–Trinajstić information content (AvgIpc) is 2.85. The fourth-order valence-electron chi connectivity index (χ4n) is 3.79. The molecule has 2 atom stereocenters. The highest BCUT2D eigenvalue weighted by molar-refractivity contribution is 8.00. The van der Waals surface area contributed by atoms with Gasteiger partial charge in [0.05, 0.1) is 5.69 Å². The van der Waals surface area contributed by atoms with E-state index >= 15 is 0 Å². The molecular weight excluding hydrogens is 422 g/mol. The maximum absolute atomic E-state index is 13.2. The standard InChI is InChI=1S/C22H22ClN3O3S/c1-14-11-12-25(17-5-3-4-6-18(17)30-14)19(27)13-26-20(28)22(2,24-21(26)29)15-7-9-16(23)10-8-15/h3-10,14H,11-13H2,1-2H3,(H,24,29)/t14-,22+/m1/s1. The summed E-state index contributed by atoms with van der Waals surface area (Å²) < 4.78 is 0. The van der Waals surface area contributed by atoms with E-state index in [9.17, 15) is 14.4 Å². The van der Waals surface area contributed by atoms with Crippen molar-refractivity contribution in [2.75, 3.05) is 18.0 Å². The Kier molecular flexibility index (Phi) is 5.51. The van der Waals surface area contributed by atoms with Crippen LogP contribution in [0.1, 0.15) is 25.8 Å². The van der Waals surface area contributed by atoms with Crippen LogP contribution in [0.3, 0.4) is 0 Å². The molecule has 6 nitrogen and oxygen atoms in total. The predicted octanol–water partition coefficient (Wildman–Crippen LogP) is 4.02. The number of halogens is 1. The Hall–Kier alpha value is -2.51. The topological polar surface area (TPSA) is 69.7 Å². The molecule has 2 aromatic rings. The lowest BCUT2D eigenvalue weighted by Gasteiger charge is -2.25. The van der Waals surface area contributed by atoms with Gasteiger partial charge >= 0.3 is 6.03 Å². The molecule has 0 spiro atoms. The molecule has 1 N–H and O–H groups in total. The first-order valence-corrected chi connectivity index (χ1v) is 11.0. The summed E-state index contributed by atoms with van der Waals surface area (Å²) in [6.45, 7) is 4.01. The fourth-order valence-corrected chi connectivity index (χ4v) is 5.02. The second-order valence-electron chi connectivity index (χ2n) is 7.68. The monoisotopic (exact) mass is 443 g/mol. The molecule has 4 rings (SSSR count). The Labute approximate surface area is 184 Å². The highest BCUT2D eigenvalue weighted by Crippen LogP contribution is 2.37. The smallest absolute Gasteiger partial charge is 0.319 e. The molecule has 0 radical (unpaired) electrons. The minimum atomic E-state index is -1.23. The molecule has 1 saturated heterocycles. The maximum Gasteiger partial charge on any atom is 0.325 e. The van der Waals surface area contributed by atoms with Crippen molar-refractivity contribution < 1.29 is 14.4 Å². The third-order valence-electron chi connectivity index (χ3n) is 5.53. The van der Waals surface area contributed by atoms with Crippen molar-refractivity contribution in [1.29, 1.82) is 0 Å². The summed E-state index contributed by atoms with van der Waals surface area (Å²) in [5, 5.41) is 3.64. The Morgan fingerprint density at radius 2 is 1.90 bits per heavy atom. The van der Waals surface area contributed by atoms with E-state index in [4.69, 9.17) is 11.6 Å². The van der Waals surface area contributed by atoms with E-state index in [0.717, 1.165) is 21.9 Å². The summed E-state index contributed by atoms with van der Waals surface area (Å²) in [5.74, 6) is -0.727. The number of thioether (sulfide) groups is 1. The van der Waals surface area contributed by atoms with Crippen LogP contribution in [-0.2, 0) is 15.1 Å². The summed E-state index contributed by atoms with van der Waals surface area (Å²) in [4.78, 5) is 42.7. The normalized spacial score (nSPS) is 23.8. The van der Waals surface area contributed by atoms with Gasteiger partial charge in [-0.25, -0.2) is 4.79 Å². The van der Waals surface area contributed by atoms with Crippen molar-refractivity contribution in [3.63, 3.8) is 0 Å². The number of carbonyl (C=O) groups excluding carboxylic acids is 3. The van der Waals surface area contributed by atoms with Crippen molar-refractivity contribution in [3.05, 3.63) is 59.1 Å². The molecule has 1 fully saturated rings. The summed E-state index contributed by atoms with van der Waals surface area (Å²) in [7, 11) is 0. The molecule has 156 valence electrons. The molecule has 0 aromatic heterocycles. The van der Waals surface area contributed by atoms with Gasteiger partial charge in [0.1, 0.15) is 12.1 Å². The van der Waals surface area contributed by atoms with Crippen LogP contribution < -0.4 is 10.2 Å². The van der Waals surface area contributed by atoms with Gasteiger partial charge in [-0.3, -0.25) is 14.5 Å². The Morgan fingerprint density at radius 1 is 1.20 bits per heavy atom. The van der Waals surface area contributed by atoms with Crippen molar-refractivity contribution in [3.8, 4) is 0 Å². The number of nitrogens with zero attached hydrogens (tertiary/aromatic N) is 2. The number of hydrogen-bond acceptors (Lipinski definition) is 4. The molecule has 0 unspecified atom stereocenters. The summed E-state index contributed by atoms with van der Waals surface area (Å²) >= 11 is 7.67.